The van der Waals surface area contributed by atoms with E-state index >= 15 is 0 Å². The van der Waals surface area contributed by atoms with Crippen LogP contribution in [0, 0.1) is 0 Å². The monoisotopic (exact) mass is 294 g/mol. The van der Waals surface area contributed by atoms with E-state index < -0.39 is 0 Å². The number of hydrazone groups is 1. The van der Waals surface area contributed by atoms with E-state index in [0.717, 1.165) is 10.8 Å². The van der Waals surface area contributed by atoms with E-state index in [4.69, 9.17) is 4.74 Å². The standard InChI is InChI=1S/C16H14N4O2/c1-22-13-6-7-15(21)12(8-13)10-18-20-16-14-5-3-2-4-11(14)9-17-19-16/h2-10,21H,1H3,(H,19,20). The molecule has 1 aromatic heterocycles. The molecule has 0 aliphatic heterocycles. The van der Waals surface area contributed by atoms with Gasteiger partial charge in [0.2, 0.25) is 0 Å². The summed E-state index contributed by atoms with van der Waals surface area (Å²) in [5, 5.41) is 23.8. The Morgan fingerprint density at radius 1 is 1.23 bits per heavy atom. The predicted octanol–water partition coefficient (Wildman–Crippen LogP) is 2.79. The molecule has 0 radical (unpaired) electrons. The molecular formula is C16H14N4O2. The highest BCUT2D eigenvalue weighted by Gasteiger charge is 2.02. The van der Waals surface area contributed by atoms with Crippen molar-refractivity contribution in [2.24, 2.45) is 5.10 Å². The molecule has 0 saturated heterocycles. The van der Waals surface area contributed by atoms with Crippen molar-refractivity contribution in [1.29, 1.82) is 0 Å². The summed E-state index contributed by atoms with van der Waals surface area (Å²) in [5.41, 5.74) is 3.39. The Bertz CT molecular complexity index is 828. The van der Waals surface area contributed by atoms with Gasteiger partial charge in [0.05, 0.1) is 19.5 Å². The van der Waals surface area contributed by atoms with Gasteiger partial charge in [0, 0.05) is 16.3 Å². The maximum Gasteiger partial charge on any atom is 0.176 e. The molecule has 0 bridgehead atoms. The second-order valence-electron chi connectivity index (χ2n) is 4.58. The number of aromatic hydroxyl groups is 1. The number of ether oxygens (including phenoxy) is 1. The maximum atomic E-state index is 9.80. The van der Waals surface area contributed by atoms with Crippen molar-refractivity contribution in [2.75, 3.05) is 12.5 Å². The van der Waals surface area contributed by atoms with E-state index in [1.54, 1.807) is 31.5 Å². The quantitative estimate of drug-likeness (QED) is 0.571. The molecule has 2 N–H and O–H groups in total. The van der Waals surface area contributed by atoms with Crippen LogP contribution < -0.4 is 10.2 Å². The molecule has 6 nitrogen and oxygen atoms in total. The first-order chi connectivity index (χ1) is 10.8. The minimum atomic E-state index is 0.121. The van der Waals surface area contributed by atoms with Crippen LogP contribution in [0.1, 0.15) is 5.56 Å². The molecule has 0 aliphatic rings. The maximum absolute atomic E-state index is 9.80. The molecule has 6 heteroatoms. The molecule has 0 atom stereocenters. The second kappa shape index (κ2) is 6.09. The van der Waals surface area contributed by atoms with Crippen molar-refractivity contribution in [3.05, 3.63) is 54.2 Å². The van der Waals surface area contributed by atoms with Crippen LogP contribution in [0.5, 0.6) is 11.5 Å². The summed E-state index contributed by atoms with van der Waals surface area (Å²) in [6.45, 7) is 0. The van der Waals surface area contributed by atoms with Crippen molar-refractivity contribution in [2.45, 2.75) is 0 Å². The second-order valence-corrected chi connectivity index (χ2v) is 4.58. The highest BCUT2D eigenvalue weighted by Crippen LogP contribution is 2.22. The molecule has 0 unspecified atom stereocenters. The third-order valence-electron chi connectivity index (χ3n) is 3.18. The fraction of sp³-hybridized carbons (Fsp3) is 0.0625. The molecule has 22 heavy (non-hydrogen) atoms. The van der Waals surface area contributed by atoms with Gasteiger partial charge in [-0.15, -0.1) is 5.10 Å². The Balaban J connectivity index is 1.85. The Hall–Kier alpha value is -3.15. The first kappa shape index (κ1) is 13.8. The van der Waals surface area contributed by atoms with Gasteiger partial charge in [-0.2, -0.15) is 10.2 Å². The number of nitrogens with one attached hydrogen (secondary N) is 1. The molecule has 3 rings (SSSR count). The zero-order chi connectivity index (χ0) is 15.4. The highest BCUT2D eigenvalue weighted by atomic mass is 16.5. The zero-order valence-electron chi connectivity index (χ0n) is 11.9. The van der Waals surface area contributed by atoms with E-state index in [1.165, 1.54) is 6.21 Å². The van der Waals surface area contributed by atoms with Gasteiger partial charge in [-0.05, 0) is 18.2 Å². The van der Waals surface area contributed by atoms with Gasteiger partial charge >= 0.3 is 0 Å². The molecule has 0 aliphatic carbocycles. The van der Waals surface area contributed by atoms with E-state index in [1.807, 2.05) is 24.3 Å². The number of rotatable bonds is 4. The number of aromatic nitrogens is 2. The average Bonchev–Trinajstić information content (AvgIpc) is 2.57. The van der Waals surface area contributed by atoms with Crippen LogP contribution in [0.2, 0.25) is 0 Å². The summed E-state index contributed by atoms with van der Waals surface area (Å²) in [6.07, 6.45) is 3.19. The summed E-state index contributed by atoms with van der Waals surface area (Å²) in [7, 11) is 1.57. The lowest BCUT2D eigenvalue weighted by Crippen LogP contribution is -1.96. The van der Waals surface area contributed by atoms with Crippen LogP contribution >= 0.6 is 0 Å². The minimum Gasteiger partial charge on any atom is -0.507 e. The lowest BCUT2D eigenvalue weighted by atomic mass is 10.2. The van der Waals surface area contributed by atoms with Gasteiger partial charge < -0.3 is 9.84 Å². The van der Waals surface area contributed by atoms with Crippen molar-refractivity contribution in [3.8, 4) is 11.5 Å². The van der Waals surface area contributed by atoms with E-state index in [0.29, 0.717) is 17.1 Å². The molecule has 1 heterocycles. The Labute approximate surface area is 127 Å². The van der Waals surface area contributed by atoms with Crippen LogP contribution in [0.3, 0.4) is 0 Å². The molecular weight excluding hydrogens is 280 g/mol. The van der Waals surface area contributed by atoms with Gasteiger partial charge in [0.15, 0.2) is 5.82 Å². The van der Waals surface area contributed by atoms with Gasteiger partial charge in [0.25, 0.3) is 0 Å². The summed E-state index contributed by atoms with van der Waals surface area (Å²) in [4.78, 5) is 0. The summed E-state index contributed by atoms with van der Waals surface area (Å²) < 4.78 is 5.12. The number of anilines is 1. The van der Waals surface area contributed by atoms with Crippen LogP contribution in [-0.4, -0.2) is 28.6 Å². The zero-order valence-corrected chi connectivity index (χ0v) is 11.9. The number of phenolic OH excluding ortho intramolecular Hbond substituents is 1. The smallest absolute Gasteiger partial charge is 0.176 e. The van der Waals surface area contributed by atoms with E-state index in [9.17, 15) is 5.11 Å². The number of benzene rings is 2. The third kappa shape index (κ3) is 2.80. The summed E-state index contributed by atoms with van der Waals surface area (Å²) in [5.74, 6) is 1.32. The third-order valence-corrected chi connectivity index (χ3v) is 3.18. The number of phenols is 1. The lowest BCUT2D eigenvalue weighted by Gasteiger charge is -2.04. The predicted molar refractivity (Wildman–Crippen MR) is 85.4 cm³/mol. The van der Waals surface area contributed by atoms with Gasteiger partial charge in [-0.3, -0.25) is 5.43 Å². The van der Waals surface area contributed by atoms with E-state index in [2.05, 4.69) is 20.7 Å². The van der Waals surface area contributed by atoms with Crippen LogP contribution in [0.15, 0.2) is 53.8 Å². The highest BCUT2D eigenvalue weighted by molar-refractivity contribution is 5.91. The molecule has 3 aromatic rings. The number of fused-ring (bicyclic) bond motifs is 1. The number of hydrogen-bond donors (Lipinski definition) is 2. The summed E-state index contributed by atoms with van der Waals surface area (Å²) in [6, 6.07) is 12.7. The normalized spacial score (nSPS) is 11.0. The van der Waals surface area contributed by atoms with Crippen molar-refractivity contribution >= 4 is 22.8 Å². The number of methoxy groups -OCH3 is 1. The van der Waals surface area contributed by atoms with Crippen molar-refractivity contribution in [1.82, 2.24) is 10.2 Å². The topological polar surface area (TPSA) is 79.6 Å². The van der Waals surface area contributed by atoms with Crippen molar-refractivity contribution < 1.29 is 9.84 Å². The van der Waals surface area contributed by atoms with Gasteiger partial charge in [-0.25, -0.2) is 0 Å². The number of nitrogens with zero attached hydrogens (tertiary/aromatic N) is 3. The fourth-order valence-electron chi connectivity index (χ4n) is 2.04. The van der Waals surface area contributed by atoms with Gasteiger partial charge in [0.1, 0.15) is 11.5 Å². The molecule has 2 aromatic carbocycles. The van der Waals surface area contributed by atoms with Gasteiger partial charge in [-0.1, -0.05) is 24.3 Å². The van der Waals surface area contributed by atoms with Crippen LogP contribution in [-0.2, 0) is 0 Å². The average molecular weight is 294 g/mol. The minimum absolute atomic E-state index is 0.121. The Morgan fingerprint density at radius 2 is 2.09 bits per heavy atom. The Kier molecular flexibility index (Phi) is 3.82. The first-order valence-corrected chi connectivity index (χ1v) is 6.64. The van der Waals surface area contributed by atoms with Crippen molar-refractivity contribution in [3.63, 3.8) is 0 Å². The molecule has 0 amide bonds. The summed E-state index contributed by atoms with van der Waals surface area (Å²) >= 11 is 0. The SMILES string of the molecule is COc1ccc(O)c(C=NNc2nncc3ccccc23)c1. The molecule has 110 valence electrons. The molecule has 0 spiro atoms. The largest absolute Gasteiger partial charge is 0.507 e. The number of hydrogen-bond acceptors (Lipinski definition) is 6. The van der Waals surface area contributed by atoms with E-state index in [-0.39, 0.29) is 5.75 Å². The molecule has 0 fully saturated rings. The van der Waals surface area contributed by atoms with Crippen LogP contribution in [0.4, 0.5) is 5.82 Å². The van der Waals surface area contributed by atoms with Crippen LogP contribution in [0.25, 0.3) is 10.8 Å². The fourth-order valence-corrected chi connectivity index (χ4v) is 2.04. The lowest BCUT2D eigenvalue weighted by molar-refractivity contribution is 0.412. The first-order valence-electron chi connectivity index (χ1n) is 6.64. The molecule has 0 saturated carbocycles. The Morgan fingerprint density at radius 3 is 2.95 bits per heavy atom.